The SMILES string of the molecule is CCC(CCCN1CCCC(C)CC1)(NC(C)C)C(=O)O. The monoisotopic (exact) mass is 298 g/mol. The van der Waals surface area contributed by atoms with Crippen molar-refractivity contribution in [3.05, 3.63) is 0 Å². The Balaban J connectivity index is 2.47. The number of hydrogen-bond acceptors (Lipinski definition) is 3. The number of aliphatic carboxylic acids is 1. The second-order valence-electron chi connectivity index (χ2n) is 7.02. The Morgan fingerprint density at radius 1 is 1.38 bits per heavy atom. The van der Waals surface area contributed by atoms with Gasteiger partial charge in [-0.25, -0.2) is 0 Å². The van der Waals surface area contributed by atoms with Crippen LogP contribution >= 0.6 is 0 Å². The first kappa shape index (κ1) is 18.4. The Labute approximate surface area is 130 Å². The zero-order valence-electron chi connectivity index (χ0n) is 14.3. The van der Waals surface area contributed by atoms with Gasteiger partial charge in [-0.1, -0.05) is 13.8 Å². The van der Waals surface area contributed by atoms with Crippen molar-refractivity contribution in [2.24, 2.45) is 5.92 Å². The minimum absolute atomic E-state index is 0.195. The Morgan fingerprint density at radius 3 is 2.67 bits per heavy atom. The largest absolute Gasteiger partial charge is 0.480 e. The summed E-state index contributed by atoms with van der Waals surface area (Å²) in [6, 6.07) is 0.195. The van der Waals surface area contributed by atoms with Crippen molar-refractivity contribution in [3.8, 4) is 0 Å². The van der Waals surface area contributed by atoms with Gasteiger partial charge in [-0.2, -0.15) is 0 Å². The van der Waals surface area contributed by atoms with Crippen LogP contribution in [0.4, 0.5) is 0 Å². The van der Waals surface area contributed by atoms with E-state index >= 15 is 0 Å². The molecule has 0 aliphatic carbocycles. The molecule has 1 heterocycles. The van der Waals surface area contributed by atoms with Crippen LogP contribution in [0.2, 0.25) is 0 Å². The van der Waals surface area contributed by atoms with Gasteiger partial charge < -0.3 is 10.0 Å². The molecule has 124 valence electrons. The van der Waals surface area contributed by atoms with Gasteiger partial charge >= 0.3 is 5.97 Å². The molecule has 1 aliphatic rings. The fourth-order valence-electron chi connectivity index (χ4n) is 3.37. The van der Waals surface area contributed by atoms with E-state index in [4.69, 9.17) is 0 Å². The zero-order chi connectivity index (χ0) is 15.9. The summed E-state index contributed by atoms with van der Waals surface area (Å²) in [7, 11) is 0. The topological polar surface area (TPSA) is 52.6 Å². The molecule has 2 atom stereocenters. The van der Waals surface area contributed by atoms with Crippen molar-refractivity contribution >= 4 is 5.97 Å². The first-order valence-electron chi connectivity index (χ1n) is 8.63. The highest BCUT2D eigenvalue weighted by Gasteiger charge is 2.36. The van der Waals surface area contributed by atoms with Crippen LogP contribution in [-0.4, -0.2) is 47.2 Å². The van der Waals surface area contributed by atoms with Crippen molar-refractivity contribution < 1.29 is 9.90 Å². The molecule has 1 fully saturated rings. The van der Waals surface area contributed by atoms with E-state index in [9.17, 15) is 9.90 Å². The highest BCUT2D eigenvalue weighted by molar-refractivity contribution is 5.78. The summed E-state index contributed by atoms with van der Waals surface area (Å²) < 4.78 is 0. The number of carboxylic acid groups (broad SMARTS) is 1. The van der Waals surface area contributed by atoms with Crippen molar-refractivity contribution in [3.63, 3.8) is 0 Å². The molecule has 0 amide bonds. The number of nitrogens with zero attached hydrogens (tertiary/aromatic N) is 1. The Hall–Kier alpha value is -0.610. The van der Waals surface area contributed by atoms with Crippen LogP contribution in [0, 0.1) is 5.92 Å². The predicted molar refractivity (Wildman–Crippen MR) is 87.6 cm³/mol. The summed E-state index contributed by atoms with van der Waals surface area (Å²) in [5.41, 5.74) is -0.757. The lowest BCUT2D eigenvalue weighted by Gasteiger charge is -2.32. The van der Waals surface area contributed by atoms with Crippen LogP contribution in [0.5, 0.6) is 0 Å². The van der Waals surface area contributed by atoms with Gasteiger partial charge in [-0.15, -0.1) is 0 Å². The first-order valence-corrected chi connectivity index (χ1v) is 8.63. The quantitative estimate of drug-likeness (QED) is 0.723. The van der Waals surface area contributed by atoms with Gasteiger partial charge in [0, 0.05) is 6.04 Å². The molecule has 4 heteroatoms. The van der Waals surface area contributed by atoms with Gasteiger partial charge in [-0.3, -0.25) is 10.1 Å². The van der Waals surface area contributed by atoms with E-state index in [1.165, 1.54) is 32.4 Å². The molecule has 4 nitrogen and oxygen atoms in total. The van der Waals surface area contributed by atoms with Crippen LogP contribution in [0.15, 0.2) is 0 Å². The normalized spacial score (nSPS) is 23.8. The van der Waals surface area contributed by atoms with E-state index in [0.29, 0.717) is 12.8 Å². The minimum Gasteiger partial charge on any atom is -0.480 e. The molecule has 0 aromatic carbocycles. The summed E-state index contributed by atoms with van der Waals surface area (Å²) in [6.07, 6.45) is 6.19. The molecule has 0 aromatic heterocycles. The third kappa shape index (κ3) is 5.95. The Morgan fingerprint density at radius 2 is 2.10 bits per heavy atom. The maximum absolute atomic E-state index is 11.7. The van der Waals surface area contributed by atoms with Crippen molar-refractivity contribution in [1.82, 2.24) is 10.2 Å². The lowest BCUT2D eigenvalue weighted by Crippen LogP contribution is -2.54. The molecule has 2 N–H and O–H groups in total. The van der Waals surface area contributed by atoms with Gasteiger partial charge in [0.2, 0.25) is 0 Å². The van der Waals surface area contributed by atoms with Gasteiger partial charge in [0.15, 0.2) is 0 Å². The molecule has 1 aliphatic heterocycles. The number of nitrogens with one attached hydrogen (secondary N) is 1. The van der Waals surface area contributed by atoms with Gasteiger partial charge in [-0.05, 0) is 77.9 Å². The molecule has 0 saturated carbocycles. The smallest absolute Gasteiger partial charge is 0.323 e. The predicted octanol–water partition coefficient (Wildman–Crippen LogP) is 3.12. The van der Waals surface area contributed by atoms with E-state index in [2.05, 4.69) is 17.1 Å². The van der Waals surface area contributed by atoms with Crippen molar-refractivity contribution in [1.29, 1.82) is 0 Å². The van der Waals surface area contributed by atoms with Gasteiger partial charge in [0.25, 0.3) is 0 Å². The minimum atomic E-state index is -0.757. The third-order valence-electron chi connectivity index (χ3n) is 4.77. The molecule has 2 unspecified atom stereocenters. The molecule has 0 radical (unpaired) electrons. The van der Waals surface area contributed by atoms with Crippen LogP contribution in [0.3, 0.4) is 0 Å². The molecule has 1 rings (SSSR count). The molecular weight excluding hydrogens is 264 g/mol. The highest BCUT2D eigenvalue weighted by atomic mass is 16.4. The number of rotatable bonds is 8. The van der Waals surface area contributed by atoms with Crippen LogP contribution in [-0.2, 0) is 4.79 Å². The number of likely N-dealkylation sites (tertiary alicyclic amines) is 1. The van der Waals surface area contributed by atoms with Crippen LogP contribution in [0.1, 0.15) is 66.2 Å². The Bertz CT molecular complexity index is 320. The summed E-state index contributed by atoms with van der Waals surface area (Å²) in [4.78, 5) is 14.2. The summed E-state index contributed by atoms with van der Waals surface area (Å²) in [6.45, 7) is 11.7. The second-order valence-corrected chi connectivity index (χ2v) is 7.02. The van der Waals surface area contributed by atoms with Crippen LogP contribution in [0.25, 0.3) is 0 Å². The average molecular weight is 298 g/mol. The maximum Gasteiger partial charge on any atom is 0.323 e. The summed E-state index contributed by atoms with van der Waals surface area (Å²) >= 11 is 0. The van der Waals surface area contributed by atoms with Crippen LogP contribution < -0.4 is 5.32 Å². The molecule has 1 saturated heterocycles. The van der Waals surface area contributed by atoms with E-state index < -0.39 is 11.5 Å². The van der Waals surface area contributed by atoms with E-state index in [1.807, 2.05) is 20.8 Å². The van der Waals surface area contributed by atoms with Crippen molar-refractivity contribution in [2.45, 2.75) is 77.8 Å². The van der Waals surface area contributed by atoms with E-state index in [0.717, 1.165) is 18.9 Å². The number of carboxylic acids is 1. The lowest BCUT2D eigenvalue weighted by atomic mass is 9.89. The highest BCUT2D eigenvalue weighted by Crippen LogP contribution is 2.21. The lowest BCUT2D eigenvalue weighted by molar-refractivity contribution is -0.145. The molecule has 0 spiro atoms. The van der Waals surface area contributed by atoms with E-state index in [1.54, 1.807) is 0 Å². The summed E-state index contributed by atoms with van der Waals surface area (Å²) in [5, 5.41) is 12.9. The molecule has 21 heavy (non-hydrogen) atoms. The first-order chi connectivity index (χ1) is 9.89. The Kier molecular flexibility index (Phi) is 7.67. The standard InChI is InChI=1S/C17H34N2O2/c1-5-17(16(20)21,18-14(2)3)10-7-12-19-11-6-8-15(4)9-13-19/h14-15,18H,5-13H2,1-4H3,(H,20,21). The fourth-order valence-corrected chi connectivity index (χ4v) is 3.37. The molecule has 0 aromatic rings. The fraction of sp³-hybridized carbons (Fsp3) is 0.941. The molecule has 0 bridgehead atoms. The summed E-state index contributed by atoms with van der Waals surface area (Å²) in [5.74, 6) is 0.134. The van der Waals surface area contributed by atoms with E-state index in [-0.39, 0.29) is 6.04 Å². The third-order valence-corrected chi connectivity index (χ3v) is 4.77. The number of carbonyl (C=O) groups is 1. The maximum atomic E-state index is 11.7. The second kappa shape index (κ2) is 8.74. The van der Waals surface area contributed by atoms with Gasteiger partial charge in [0.05, 0.1) is 0 Å². The average Bonchev–Trinajstić information content (AvgIpc) is 2.62. The number of hydrogen-bond donors (Lipinski definition) is 2. The molecular formula is C17H34N2O2. The van der Waals surface area contributed by atoms with Crippen molar-refractivity contribution in [2.75, 3.05) is 19.6 Å². The van der Waals surface area contributed by atoms with Gasteiger partial charge in [0.1, 0.15) is 5.54 Å². The zero-order valence-corrected chi connectivity index (χ0v) is 14.3.